The number of halogens is 1. The number of carbonyl (C=O) groups is 1. The number of benzene rings is 1. The minimum Gasteiger partial charge on any atom is -0.398 e. The Morgan fingerprint density at radius 2 is 2.38 bits per heavy atom. The molecule has 1 atom stereocenters. The number of nitrogens with two attached hydrogens (primary N) is 1. The van der Waals surface area contributed by atoms with Crippen LogP contribution in [0.15, 0.2) is 22.7 Å². The van der Waals surface area contributed by atoms with Gasteiger partial charge in [-0.1, -0.05) is 15.9 Å². The van der Waals surface area contributed by atoms with Crippen molar-refractivity contribution in [2.45, 2.75) is 12.5 Å². The molecule has 0 aromatic heterocycles. The van der Waals surface area contributed by atoms with Crippen molar-refractivity contribution in [3.05, 3.63) is 28.2 Å². The Bertz CT molecular complexity index is 405. The molecule has 5 heteroatoms. The number of thioether (sulfide) groups is 1. The highest BCUT2D eigenvalue weighted by atomic mass is 79.9. The van der Waals surface area contributed by atoms with Crippen LogP contribution in [0.4, 0.5) is 5.69 Å². The van der Waals surface area contributed by atoms with Gasteiger partial charge in [-0.05, 0) is 30.4 Å². The van der Waals surface area contributed by atoms with Crippen molar-refractivity contribution in [2.24, 2.45) is 0 Å². The Hall–Kier alpha value is -0.680. The van der Waals surface area contributed by atoms with Crippen LogP contribution < -0.4 is 11.1 Å². The third-order valence-corrected chi connectivity index (χ3v) is 4.18. The smallest absolute Gasteiger partial charge is 0.253 e. The number of carbonyl (C=O) groups excluding carboxylic acids is 1. The van der Waals surface area contributed by atoms with Gasteiger partial charge in [0.1, 0.15) is 0 Å². The zero-order valence-corrected chi connectivity index (χ0v) is 11.1. The summed E-state index contributed by atoms with van der Waals surface area (Å²) in [7, 11) is 0. The molecule has 0 spiro atoms. The largest absolute Gasteiger partial charge is 0.398 e. The molecule has 0 radical (unpaired) electrons. The van der Waals surface area contributed by atoms with Gasteiger partial charge in [0, 0.05) is 22.0 Å². The highest BCUT2D eigenvalue weighted by Crippen LogP contribution is 2.20. The molecule has 16 heavy (non-hydrogen) atoms. The second kappa shape index (κ2) is 5.10. The summed E-state index contributed by atoms with van der Waals surface area (Å²) >= 11 is 5.19. The summed E-state index contributed by atoms with van der Waals surface area (Å²) in [4.78, 5) is 11.9. The average molecular weight is 301 g/mol. The molecule has 0 bridgehead atoms. The number of hydrogen-bond acceptors (Lipinski definition) is 3. The second-order valence-corrected chi connectivity index (χ2v) is 5.83. The fraction of sp³-hybridized carbons (Fsp3) is 0.364. The fourth-order valence-electron chi connectivity index (χ4n) is 1.65. The summed E-state index contributed by atoms with van der Waals surface area (Å²) in [5, 5.41) is 3.00. The maximum absolute atomic E-state index is 11.9. The van der Waals surface area contributed by atoms with Gasteiger partial charge in [-0.15, -0.1) is 0 Å². The predicted octanol–water partition coefficient (Wildman–Crippen LogP) is 2.27. The Morgan fingerprint density at radius 1 is 1.56 bits per heavy atom. The van der Waals surface area contributed by atoms with Crippen molar-refractivity contribution >= 4 is 39.3 Å². The van der Waals surface area contributed by atoms with Crippen molar-refractivity contribution in [2.75, 3.05) is 17.2 Å². The summed E-state index contributed by atoms with van der Waals surface area (Å²) in [5.74, 6) is 2.06. The lowest BCUT2D eigenvalue weighted by molar-refractivity contribution is 0.0942. The molecule has 2 rings (SSSR count). The lowest BCUT2D eigenvalue weighted by Crippen LogP contribution is -2.34. The third kappa shape index (κ3) is 2.71. The molecule has 0 saturated carbocycles. The van der Waals surface area contributed by atoms with E-state index < -0.39 is 0 Å². The second-order valence-electron chi connectivity index (χ2n) is 3.77. The highest BCUT2D eigenvalue weighted by molar-refractivity contribution is 9.10. The molecule has 3 N–H and O–H groups in total. The molecule has 3 nitrogen and oxygen atoms in total. The molecule has 1 unspecified atom stereocenters. The maximum Gasteiger partial charge on any atom is 0.253 e. The minimum absolute atomic E-state index is 0.0718. The van der Waals surface area contributed by atoms with Gasteiger partial charge >= 0.3 is 0 Å². The van der Waals surface area contributed by atoms with Crippen LogP contribution in [0.1, 0.15) is 16.8 Å². The van der Waals surface area contributed by atoms with Crippen LogP contribution in [0.5, 0.6) is 0 Å². The number of anilines is 1. The van der Waals surface area contributed by atoms with Crippen molar-refractivity contribution in [3.63, 3.8) is 0 Å². The van der Waals surface area contributed by atoms with Crippen molar-refractivity contribution in [1.82, 2.24) is 5.32 Å². The Morgan fingerprint density at radius 3 is 3.00 bits per heavy atom. The molecular weight excluding hydrogens is 288 g/mol. The molecule has 1 aliphatic rings. The van der Waals surface area contributed by atoms with E-state index in [1.54, 1.807) is 12.1 Å². The molecule has 1 aliphatic heterocycles. The van der Waals surface area contributed by atoms with Gasteiger partial charge in [0.25, 0.3) is 5.91 Å². The number of nitrogen functional groups attached to an aromatic ring is 1. The summed E-state index contributed by atoms with van der Waals surface area (Å²) in [5.41, 5.74) is 6.87. The van der Waals surface area contributed by atoms with E-state index in [4.69, 9.17) is 5.73 Å². The first-order chi connectivity index (χ1) is 7.66. The predicted molar refractivity (Wildman–Crippen MR) is 71.8 cm³/mol. The van der Waals surface area contributed by atoms with E-state index in [0.717, 1.165) is 22.4 Å². The van der Waals surface area contributed by atoms with E-state index in [1.165, 1.54) is 0 Å². The van der Waals surface area contributed by atoms with Crippen LogP contribution in [0.2, 0.25) is 0 Å². The van der Waals surface area contributed by atoms with Gasteiger partial charge in [-0.2, -0.15) is 11.8 Å². The first-order valence-corrected chi connectivity index (χ1v) is 7.05. The fourth-order valence-corrected chi connectivity index (χ4v) is 3.18. The average Bonchev–Trinajstić information content (AvgIpc) is 2.70. The normalized spacial score (nSPS) is 19.7. The van der Waals surface area contributed by atoms with E-state index in [2.05, 4.69) is 21.2 Å². The number of hydrogen-bond donors (Lipinski definition) is 2. The molecule has 1 fully saturated rings. The van der Waals surface area contributed by atoms with Gasteiger partial charge in [0.2, 0.25) is 0 Å². The lowest BCUT2D eigenvalue weighted by Gasteiger charge is -2.12. The molecule has 1 amide bonds. The Kier molecular flexibility index (Phi) is 3.76. The van der Waals surface area contributed by atoms with Crippen LogP contribution >= 0.6 is 27.7 Å². The Balaban J connectivity index is 2.08. The Labute approximate surface area is 107 Å². The monoisotopic (exact) mass is 300 g/mol. The molecular formula is C11H13BrN2OS. The standard InChI is InChI=1S/C11H13BrN2OS/c12-7-1-2-9(10(13)5-7)11(15)14-8-3-4-16-6-8/h1-2,5,8H,3-4,6,13H2,(H,14,15). The van der Waals surface area contributed by atoms with E-state index in [9.17, 15) is 4.79 Å². The molecule has 0 aliphatic carbocycles. The van der Waals surface area contributed by atoms with Gasteiger partial charge in [0.15, 0.2) is 0 Å². The van der Waals surface area contributed by atoms with Crippen LogP contribution in [0.25, 0.3) is 0 Å². The highest BCUT2D eigenvalue weighted by Gasteiger charge is 2.19. The zero-order valence-electron chi connectivity index (χ0n) is 8.70. The lowest BCUT2D eigenvalue weighted by atomic mass is 10.1. The molecule has 1 saturated heterocycles. The first kappa shape index (κ1) is 11.8. The quantitative estimate of drug-likeness (QED) is 0.824. The topological polar surface area (TPSA) is 55.1 Å². The zero-order chi connectivity index (χ0) is 11.5. The summed E-state index contributed by atoms with van der Waals surface area (Å²) in [6.07, 6.45) is 1.05. The first-order valence-electron chi connectivity index (χ1n) is 5.10. The van der Waals surface area contributed by atoms with Crippen molar-refractivity contribution < 1.29 is 4.79 Å². The van der Waals surface area contributed by atoms with Gasteiger partial charge < -0.3 is 11.1 Å². The number of amides is 1. The summed E-state index contributed by atoms with van der Waals surface area (Å²) < 4.78 is 0.887. The number of rotatable bonds is 2. The SMILES string of the molecule is Nc1cc(Br)ccc1C(=O)NC1CCSC1. The summed E-state index contributed by atoms with van der Waals surface area (Å²) in [6, 6.07) is 5.62. The van der Waals surface area contributed by atoms with Gasteiger partial charge in [-0.3, -0.25) is 4.79 Å². The van der Waals surface area contributed by atoms with Crippen molar-refractivity contribution in [3.8, 4) is 0 Å². The number of nitrogens with one attached hydrogen (secondary N) is 1. The molecule has 1 aromatic rings. The van der Waals surface area contributed by atoms with E-state index in [-0.39, 0.29) is 5.91 Å². The minimum atomic E-state index is -0.0718. The van der Waals surface area contributed by atoms with E-state index in [1.807, 2.05) is 17.8 Å². The summed E-state index contributed by atoms with van der Waals surface area (Å²) in [6.45, 7) is 0. The maximum atomic E-state index is 11.9. The van der Waals surface area contributed by atoms with E-state index >= 15 is 0 Å². The van der Waals surface area contributed by atoms with Crippen LogP contribution in [-0.2, 0) is 0 Å². The van der Waals surface area contributed by atoms with E-state index in [0.29, 0.717) is 17.3 Å². The molecule has 1 aromatic carbocycles. The van der Waals surface area contributed by atoms with Gasteiger partial charge in [-0.25, -0.2) is 0 Å². The van der Waals surface area contributed by atoms with Crippen molar-refractivity contribution in [1.29, 1.82) is 0 Å². The van der Waals surface area contributed by atoms with Crippen LogP contribution in [0, 0.1) is 0 Å². The van der Waals surface area contributed by atoms with Crippen LogP contribution in [0.3, 0.4) is 0 Å². The van der Waals surface area contributed by atoms with Crippen LogP contribution in [-0.4, -0.2) is 23.5 Å². The molecule has 86 valence electrons. The van der Waals surface area contributed by atoms with Gasteiger partial charge in [0.05, 0.1) is 5.56 Å². The molecule has 1 heterocycles. The third-order valence-electron chi connectivity index (χ3n) is 2.52.